The van der Waals surface area contributed by atoms with Gasteiger partial charge in [-0.1, -0.05) is 12.1 Å². The molecule has 7 heteroatoms. The molecule has 2 aliphatic rings. The molecule has 2 aliphatic heterocycles. The molecule has 3 heterocycles. The summed E-state index contributed by atoms with van der Waals surface area (Å²) >= 11 is 0. The van der Waals surface area contributed by atoms with Crippen molar-refractivity contribution in [1.82, 2.24) is 15.1 Å². The predicted molar refractivity (Wildman–Crippen MR) is 106 cm³/mol. The van der Waals surface area contributed by atoms with Gasteiger partial charge in [0.15, 0.2) is 17.3 Å². The van der Waals surface area contributed by atoms with Gasteiger partial charge in [-0.3, -0.25) is 4.79 Å². The Morgan fingerprint density at radius 3 is 2.50 bits per heavy atom. The van der Waals surface area contributed by atoms with Crippen LogP contribution in [-0.2, 0) is 9.47 Å². The van der Waals surface area contributed by atoms with E-state index in [-0.39, 0.29) is 5.91 Å². The summed E-state index contributed by atoms with van der Waals surface area (Å²) in [6, 6.07) is 11.9. The molecule has 1 aromatic carbocycles. The Morgan fingerprint density at radius 2 is 1.89 bits per heavy atom. The Bertz CT molecular complexity index is 824. The topological polar surface area (TPSA) is 67.8 Å². The molecule has 28 heavy (non-hydrogen) atoms. The number of hydrogen-bond donors (Lipinski definition) is 0. The molecule has 0 aliphatic carbocycles. The van der Waals surface area contributed by atoms with Gasteiger partial charge in [0, 0.05) is 38.2 Å². The summed E-state index contributed by atoms with van der Waals surface area (Å²) in [5.41, 5.74) is 2.62. The molecule has 1 aromatic heterocycles. The van der Waals surface area contributed by atoms with E-state index < -0.39 is 5.79 Å². The number of carbonyl (C=O) groups excluding carboxylic acids is 1. The number of rotatable bonds is 4. The number of aryl methyl sites for hydroxylation is 1. The number of amides is 1. The zero-order valence-corrected chi connectivity index (χ0v) is 16.4. The molecule has 2 fully saturated rings. The third-order valence-electron chi connectivity index (χ3n) is 5.40. The SMILES string of the molecule is CCN(c1cccc(C)c1)c1ccc(C(=O)N2CCC3(CC2)OCCO3)nn1. The number of ether oxygens (including phenoxy) is 2. The maximum Gasteiger partial charge on any atom is 0.274 e. The van der Waals surface area contributed by atoms with Crippen LogP contribution in [0.25, 0.3) is 0 Å². The number of benzene rings is 1. The zero-order valence-electron chi connectivity index (χ0n) is 16.4. The third-order valence-corrected chi connectivity index (χ3v) is 5.40. The van der Waals surface area contributed by atoms with Gasteiger partial charge in [0.2, 0.25) is 0 Å². The van der Waals surface area contributed by atoms with Gasteiger partial charge < -0.3 is 19.3 Å². The van der Waals surface area contributed by atoms with E-state index in [1.54, 1.807) is 11.0 Å². The number of aromatic nitrogens is 2. The number of hydrogen-bond acceptors (Lipinski definition) is 6. The van der Waals surface area contributed by atoms with Crippen LogP contribution in [0.4, 0.5) is 11.5 Å². The van der Waals surface area contributed by atoms with E-state index in [4.69, 9.17) is 9.47 Å². The van der Waals surface area contributed by atoms with Crippen molar-refractivity contribution in [2.75, 3.05) is 37.7 Å². The molecule has 0 N–H and O–H groups in total. The minimum Gasteiger partial charge on any atom is -0.347 e. The molecule has 0 saturated carbocycles. The first-order valence-electron chi connectivity index (χ1n) is 9.85. The lowest BCUT2D eigenvalue weighted by Crippen LogP contribution is -2.47. The molecule has 0 radical (unpaired) electrons. The zero-order chi connectivity index (χ0) is 19.6. The van der Waals surface area contributed by atoms with Gasteiger partial charge in [-0.15, -0.1) is 10.2 Å². The lowest BCUT2D eigenvalue weighted by molar-refractivity contribution is -0.181. The van der Waals surface area contributed by atoms with E-state index in [0.717, 1.165) is 18.1 Å². The van der Waals surface area contributed by atoms with E-state index in [0.29, 0.717) is 44.8 Å². The first-order valence-corrected chi connectivity index (χ1v) is 9.85. The first kappa shape index (κ1) is 18.8. The molecule has 2 aromatic rings. The van der Waals surface area contributed by atoms with Crippen LogP contribution in [0.3, 0.4) is 0 Å². The summed E-state index contributed by atoms with van der Waals surface area (Å²) in [4.78, 5) is 16.7. The van der Waals surface area contributed by atoms with Crippen LogP contribution in [0.1, 0.15) is 35.8 Å². The summed E-state index contributed by atoms with van der Waals surface area (Å²) in [5, 5.41) is 8.54. The maximum absolute atomic E-state index is 12.8. The molecule has 1 spiro atoms. The van der Waals surface area contributed by atoms with Gasteiger partial charge in [-0.05, 0) is 43.7 Å². The highest BCUT2D eigenvalue weighted by Crippen LogP contribution is 2.31. The molecule has 0 atom stereocenters. The van der Waals surface area contributed by atoms with Crippen molar-refractivity contribution in [3.63, 3.8) is 0 Å². The van der Waals surface area contributed by atoms with Gasteiger partial charge >= 0.3 is 0 Å². The molecule has 4 rings (SSSR count). The predicted octanol–water partition coefficient (Wildman–Crippen LogP) is 2.92. The summed E-state index contributed by atoms with van der Waals surface area (Å²) < 4.78 is 11.5. The van der Waals surface area contributed by atoms with E-state index in [2.05, 4.69) is 41.1 Å². The van der Waals surface area contributed by atoms with E-state index in [1.807, 2.05) is 18.2 Å². The Kier molecular flexibility index (Phi) is 5.28. The molecule has 0 bridgehead atoms. The smallest absolute Gasteiger partial charge is 0.274 e. The van der Waals surface area contributed by atoms with Gasteiger partial charge in [0.05, 0.1) is 13.2 Å². The molecule has 1 amide bonds. The second-order valence-electron chi connectivity index (χ2n) is 7.26. The summed E-state index contributed by atoms with van der Waals surface area (Å²) in [6.45, 7) is 7.37. The van der Waals surface area contributed by atoms with Gasteiger partial charge in [0.1, 0.15) is 0 Å². The van der Waals surface area contributed by atoms with E-state index >= 15 is 0 Å². The van der Waals surface area contributed by atoms with Crippen LogP contribution in [0.2, 0.25) is 0 Å². The van der Waals surface area contributed by atoms with Gasteiger partial charge in [0.25, 0.3) is 5.91 Å². The third kappa shape index (κ3) is 3.72. The number of piperidine rings is 1. The van der Waals surface area contributed by atoms with E-state index in [9.17, 15) is 4.79 Å². The average molecular weight is 382 g/mol. The highest BCUT2D eigenvalue weighted by molar-refractivity contribution is 5.92. The van der Waals surface area contributed by atoms with Crippen LogP contribution >= 0.6 is 0 Å². The largest absolute Gasteiger partial charge is 0.347 e. The number of anilines is 2. The van der Waals surface area contributed by atoms with Crippen molar-refractivity contribution in [2.24, 2.45) is 0 Å². The van der Waals surface area contributed by atoms with Crippen molar-refractivity contribution in [1.29, 1.82) is 0 Å². The van der Waals surface area contributed by atoms with Crippen molar-refractivity contribution >= 4 is 17.4 Å². The van der Waals surface area contributed by atoms with Crippen LogP contribution in [0.15, 0.2) is 36.4 Å². The normalized spacial score (nSPS) is 18.4. The minimum atomic E-state index is -0.484. The molecule has 148 valence electrons. The fourth-order valence-corrected chi connectivity index (χ4v) is 3.85. The second kappa shape index (κ2) is 7.85. The van der Waals surface area contributed by atoms with Crippen molar-refractivity contribution in [2.45, 2.75) is 32.5 Å². The molecular formula is C21H26N4O3. The van der Waals surface area contributed by atoms with Crippen LogP contribution < -0.4 is 4.90 Å². The highest BCUT2D eigenvalue weighted by Gasteiger charge is 2.41. The Hall–Kier alpha value is -2.51. The Balaban J connectivity index is 1.44. The maximum atomic E-state index is 12.8. The van der Waals surface area contributed by atoms with Crippen LogP contribution in [0, 0.1) is 6.92 Å². The molecule has 7 nitrogen and oxygen atoms in total. The summed E-state index contributed by atoms with van der Waals surface area (Å²) in [7, 11) is 0. The van der Waals surface area contributed by atoms with Crippen LogP contribution in [-0.4, -0.2) is 59.6 Å². The van der Waals surface area contributed by atoms with Crippen molar-refractivity contribution in [3.05, 3.63) is 47.7 Å². The number of nitrogens with zero attached hydrogens (tertiary/aromatic N) is 4. The number of likely N-dealkylation sites (tertiary alicyclic amines) is 1. The monoisotopic (exact) mass is 382 g/mol. The lowest BCUT2D eigenvalue weighted by Gasteiger charge is -2.37. The minimum absolute atomic E-state index is 0.0921. The summed E-state index contributed by atoms with van der Waals surface area (Å²) in [6.07, 6.45) is 1.39. The molecule has 2 saturated heterocycles. The fourth-order valence-electron chi connectivity index (χ4n) is 3.85. The summed E-state index contributed by atoms with van der Waals surface area (Å²) in [5.74, 6) is 0.155. The fraction of sp³-hybridized carbons (Fsp3) is 0.476. The Morgan fingerprint density at radius 1 is 1.14 bits per heavy atom. The number of carbonyl (C=O) groups is 1. The van der Waals surface area contributed by atoms with Gasteiger partial charge in [-0.2, -0.15) is 0 Å². The Labute approximate surface area is 165 Å². The van der Waals surface area contributed by atoms with Crippen molar-refractivity contribution in [3.8, 4) is 0 Å². The van der Waals surface area contributed by atoms with Crippen molar-refractivity contribution < 1.29 is 14.3 Å². The molecule has 0 unspecified atom stereocenters. The standard InChI is InChI=1S/C21H26N4O3/c1-3-25(17-6-4-5-16(2)15-17)19-8-7-18(22-23-19)20(26)24-11-9-21(10-12-24)27-13-14-28-21/h4-8,15H,3,9-14H2,1-2H3. The lowest BCUT2D eigenvalue weighted by atomic mass is 10.0. The highest BCUT2D eigenvalue weighted by atomic mass is 16.7. The second-order valence-corrected chi connectivity index (χ2v) is 7.26. The molecular weight excluding hydrogens is 356 g/mol. The average Bonchev–Trinajstić information content (AvgIpc) is 3.17. The first-order chi connectivity index (χ1) is 13.6. The quantitative estimate of drug-likeness (QED) is 0.810. The van der Waals surface area contributed by atoms with Crippen LogP contribution in [0.5, 0.6) is 0 Å². The van der Waals surface area contributed by atoms with E-state index in [1.165, 1.54) is 5.56 Å². The van der Waals surface area contributed by atoms with Gasteiger partial charge in [-0.25, -0.2) is 0 Å².